The maximum absolute atomic E-state index is 11.4. The molecule has 2 aromatic rings. The van der Waals surface area contributed by atoms with Gasteiger partial charge in [0.2, 0.25) is 0 Å². The Morgan fingerprint density at radius 2 is 2.29 bits per heavy atom. The van der Waals surface area contributed by atoms with E-state index in [4.69, 9.17) is 16.0 Å². The number of aliphatic hydroxyl groups excluding tert-OH is 1. The van der Waals surface area contributed by atoms with Gasteiger partial charge in [0.05, 0.1) is 13.7 Å². The lowest BCUT2D eigenvalue weighted by molar-refractivity contribution is -0.143. The third kappa shape index (κ3) is 2.28. The molecule has 0 aliphatic heterocycles. The molecule has 0 bridgehead atoms. The Morgan fingerprint density at radius 1 is 1.53 bits per heavy atom. The van der Waals surface area contributed by atoms with Gasteiger partial charge in [0.25, 0.3) is 0 Å². The molecule has 4 nitrogen and oxygen atoms in total. The quantitative estimate of drug-likeness (QED) is 0.854. The first kappa shape index (κ1) is 12.0. The summed E-state index contributed by atoms with van der Waals surface area (Å²) in [6.07, 6.45) is 0. The summed E-state index contributed by atoms with van der Waals surface area (Å²) in [5.74, 6) is -0.958. The summed E-state index contributed by atoms with van der Waals surface area (Å²) in [4.78, 5) is 11.4. The Labute approximate surface area is 103 Å². The predicted molar refractivity (Wildman–Crippen MR) is 63.1 cm³/mol. The normalized spacial score (nSPS) is 12.6. The molecule has 17 heavy (non-hydrogen) atoms. The lowest BCUT2D eigenvalue weighted by atomic mass is 10.1. The van der Waals surface area contributed by atoms with Crippen molar-refractivity contribution in [1.82, 2.24) is 0 Å². The molecule has 1 aromatic carbocycles. The Balaban J connectivity index is 2.44. The van der Waals surface area contributed by atoms with E-state index in [-0.39, 0.29) is 6.61 Å². The van der Waals surface area contributed by atoms with Gasteiger partial charge in [0, 0.05) is 10.4 Å². The van der Waals surface area contributed by atoms with Crippen molar-refractivity contribution in [3.63, 3.8) is 0 Å². The molecule has 0 aliphatic carbocycles. The second-order valence-corrected chi connectivity index (χ2v) is 4.03. The lowest BCUT2D eigenvalue weighted by Gasteiger charge is -2.07. The second-order valence-electron chi connectivity index (χ2n) is 3.59. The molecular formula is C12H11ClO4. The van der Waals surface area contributed by atoms with Crippen molar-refractivity contribution >= 4 is 28.5 Å². The third-order valence-electron chi connectivity index (χ3n) is 2.51. The molecule has 5 heteroatoms. The van der Waals surface area contributed by atoms with Crippen LogP contribution in [-0.4, -0.2) is 24.8 Å². The number of benzene rings is 1. The van der Waals surface area contributed by atoms with Crippen LogP contribution in [0.25, 0.3) is 11.0 Å². The maximum atomic E-state index is 11.4. The summed E-state index contributed by atoms with van der Waals surface area (Å²) in [5, 5.41) is 10.5. The summed E-state index contributed by atoms with van der Waals surface area (Å²) in [6, 6.07) is 6.82. The van der Waals surface area contributed by atoms with Gasteiger partial charge < -0.3 is 14.3 Å². The minimum absolute atomic E-state index is 0.361. The van der Waals surface area contributed by atoms with E-state index in [1.54, 1.807) is 24.3 Å². The fourth-order valence-corrected chi connectivity index (χ4v) is 1.81. The van der Waals surface area contributed by atoms with Crippen LogP contribution in [0.1, 0.15) is 11.7 Å². The van der Waals surface area contributed by atoms with Crippen LogP contribution in [0.15, 0.2) is 28.7 Å². The highest BCUT2D eigenvalue weighted by molar-refractivity contribution is 6.31. The monoisotopic (exact) mass is 254 g/mol. The molecule has 1 heterocycles. The number of methoxy groups -OCH3 is 1. The van der Waals surface area contributed by atoms with Gasteiger partial charge in [0.1, 0.15) is 17.3 Å². The molecule has 1 unspecified atom stereocenters. The minimum atomic E-state index is -0.800. The van der Waals surface area contributed by atoms with Crippen LogP contribution in [-0.2, 0) is 9.53 Å². The van der Waals surface area contributed by atoms with Gasteiger partial charge >= 0.3 is 5.97 Å². The SMILES string of the molecule is COC(=O)C(CO)c1cc2cc(Cl)ccc2o1. The number of esters is 1. The molecule has 2 rings (SSSR count). The largest absolute Gasteiger partial charge is 0.468 e. The number of aliphatic hydroxyl groups is 1. The van der Waals surface area contributed by atoms with Crippen molar-refractivity contribution in [2.24, 2.45) is 0 Å². The maximum Gasteiger partial charge on any atom is 0.318 e. The van der Waals surface area contributed by atoms with Crippen molar-refractivity contribution in [3.8, 4) is 0 Å². The van der Waals surface area contributed by atoms with Crippen LogP contribution in [0.4, 0.5) is 0 Å². The highest BCUT2D eigenvalue weighted by atomic mass is 35.5. The van der Waals surface area contributed by atoms with Crippen molar-refractivity contribution < 1.29 is 19.1 Å². The third-order valence-corrected chi connectivity index (χ3v) is 2.74. The van der Waals surface area contributed by atoms with E-state index in [2.05, 4.69) is 4.74 Å². The molecule has 1 N–H and O–H groups in total. The first-order valence-electron chi connectivity index (χ1n) is 5.03. The predicted octanol–water partition coefficient (Wildman–Crippen LogP) is 2.34. The summed E-state index contributed by atoms with van der Waals surface area (Å²) >= 11 is 5.85. The first-order chi connectivity index (χ1) is 8.15. The molecule has 90 valence electrons. The van der Waals surface area contributed by atoms with Crippen molar-refractivity contribution in [1.29, 1.82) is 0 Å². The Morgan fingerprint density at radius 3 is 2.94 bits per heavy atom. The second kappa shape index (κ2) is 4.77. The summed E-state index contributed by atoms with van der Waals surface area (Å²) in [6.45, 7) is -0.361. The topological polar surface area (TPSA) is 59.7 Å². The Hall–Kier alpha value is -1.52. The van der Waals surface area contributed by atoms with Gasteiger partial charge in [-0.05, 0) is 24.3 Å². The standard InChI is InChI=1S/C12H11ClO4/c1-16-12(15)9(6-14)11-5-7-4-8(13)2-3-10(7)17-11/h2-5,9,14H,6H2,1H3. The van der Waals surface area contributed by atoms with Crippen LogP contribution in [0.3, 0.4) is 0 Å². The number of carbonyl (C=O) groups is 1. The van der Waals surface area contributed by atoms with E-state index in [1.807, 2.05) is 0 Å². The van der Waals surface area contributed by atoms with Crippen LogP contribution in [0.5, 0.6) is 0 Å². The molecule has 0 radical (unpaired) electrons. The van der Waals surface area contributed by atoms with Gasteiger partial charge in [-0.15, -0.1) is 0 Å². The van der Waals surface area contributed by atoms with E-state index < -0.39 is 11.9 Å². The van der Waals surface area contributed by atoms with Crippen LogP contribution < -0.4 is 0 Å². The van der Waals surface area contributed by atoms with Gasteiger partial charge in [-0.1, -0.05) is 11.6 Å². The highest BCUT2D eigenvalue weighted by Gasteiger charge is 2.24. The zero-order valence-electron chi connectivity index (χ0n) is 9.14. The van der Waals surface area contributed by atoms with Crippen LogP contribution >= 0.6 is 11.6 Å². The lowest BCUT2D eigenvalue weighted by Crippen LogP contribution is -2.17. The molecule has 1 atom stereocenters. The first-order valence-corrected chi connectivity index (χ1v) is 5.41. The van der Waals surface area contributed by atoms with Gasteiger partial charge in [-0.2, -0.15) is 0 Å². The molecule has 0 fully saturated rings. The van der Waals surface area contributed by atoms with E-state index in [1.165, 1.54) is 7.11 Å². The molecule has 1 aromatic heterocycles. The number of rotatable bonds is 3. The van der Waals surface area contributed by atoms with E-state index in [0.717, 1.165) is 5.39 Å². The fourth-order valence-electron chi connectivity index (χ4n) is 1.63. The Kier molecular flexibility index (Phi) is 3.36. The average molecular weight is 255 g/mol. The summed E-state index contributed by atoms with van der Waals surface area (Å²) in [5.41, 5.74) is 0.617. The molecular weight excluding hydrogens is 244 g/mol. The number of fused-ring (bicyclic) bond motifs is 1. The average Bonchev–Trinajstić information content (AvgIpc) is 2.72. The summed E-state index contributed by atoms with van der Waals surface area (Å²) < 4.78 is 10.1. The number of carbonyl (C=O) groups excluding carboxylic acids is 1. The van der Waals surface area contributed by atoms with Gasteiger partial charge in [-0.25, -0.2) is 0 Å². The van der Waals surface area contributed by atoms with E-state index in [0.29, 0.717) is 16.4 Å². The number of hydrogen-bond acceptors (Lipinski definition) is 4. The number of ether oxygens (including phenoxy) is 1. The molecule has 0 saturated heterocycles. The van der Waals surface area contributed by atoms with Gasteiger partial charge in [-0.3, -0.25) is 4.79 Å². The molecule has 0 saturated carbocycles. The van der Waals surface area contributed by atoms with E-state index in [9.17, 15) is 9.90 Å². The van der Waals surface area contributed by atoms with Crippen LogP contribution in [0, 0.1) is 0 Å². The number of furan rings is 1. The number of hydrogen-bond donors (Lipinski definition) is 1. The van der Waals surface area contributed by atoms with Crippen LogP contribution in [0.2, 0.25) is 5.02 Å². The molecule has 0 spiro atoms. The smallest absolute Gasteiger partial charge is 0.318 e. The van der Waals surface area contributed by atoms with Crippen molar-refractivity contribution in [2.45, 2.75) is 5.92 Å². The van der Waals surface area contributed by atoms with Crippen molar-refractivity contribution in [2.75, 3.05) is 13.7 Å². The van der Waals surface area contributed by atoms with Crippen molar-refractivity contribution in [3.05, 3.63) is 35.0 Å². The van der Waals surface area contributed by atoms with E-state index >= 15 is 0 Å². The minimum Gasteiger partial charge on any atom is -0.468 e. The fraction of sp³-hybridized carbons (Fsp3) is 0.250. The highest BCUT2D eigenvalue weighted by Crippen LogP contribution is 2.27. The zero-order valence-corrected chi connectivity index (χ0v) is 9.90. The summed E-state index contributed by atoms with van der Waals surface area (Å²) in [7, 11) is 1.27. The number of halogens is 1. The molecule has 0 aliphatic rings. The zero-order chi connectivity index (χ0) is 12.4. The Bertz CT molecular complexity index is 546. The van der Waals surface area contributed by atoms with Gasteiger partial charge in [0.15, 0.2) is 0 Å². The molecule has 0 amide bonds.